The largest absolute Gasteiger partial charge is 0.469 e. The quantitative estimate of drug-likeness (QED) is 0.765. The molecule has 7 heteroatoms. The lowest BCUT2D eigenvalue weighted by atomic mass is 9.82. The number of nitrogens with zero attached hydrogens (tertiary/aromatic N) is 3. The highest BCUT2D eigenvalue weighted by molar-refractivity contribution is 5.93. The summed E-state index contributed by atoms with van der Waals surface area (Å²) in [5.41, 5.74) is 0.0928. The van der Waals surface area contributed by atoms with Gasteiger partial charge in [0.25, 0.3) is 5.91 Å². The molecule has 7 nitrogen and oxygen atoms in total. The van der Waals surface area contributed by atoms with E-state index in [1.165, 1.54) is 7.11 Å². The Morgan fingerprint density at radius 2 is 2.00 bits per heavy atom. The van der Waals surface area contributed by atoms with Gasteiger partial charge in [0, 0.05) is 26.2 Å². The van der Waals surface area contributed by atoms with Crippen molar-refractivity contribution in [3.8, 4) is 0 Å². The van der Waals surface area contributed by atoms with E-state index in [9.17, 15) is 9.59 Å². The van der Waals surface area contributed by atoms with Crippen LogP contribution in [0, 0.1) is 11.3 Å². The fourth-order valence-electron chi connectivity index (χ4n) is 3.50. The summed E-state index contributed by atoms with van der Waals surface area (Å²) in [6.07, 6.45) is 0. The van der Waals surface area contributed by atoms with E-state index in [4.69, 9.17) is 9.47 Å². The van der Waals surface area contributed by atoms with Crippen LogP contribution in [0.15, 0.2) is 18.2 Å². The Morgan fingerprint density at radius 1 is 1.28 bits per heavy atom. The zero-order valence-electron chi connectivity index (χ0n) is 15.0. The maximum absolute atomic E-state index is 12.9. The highest BCUT2D eigenvalue weighted by atomic mass is 16.5. The van der Waals surface area contributed by atoms with Crippen LogP contribution in [0.3, 0.4) is 0 Å². The number of aromatic nitrogens is 1. The lowest BCUT2D eigenvalue weighted by Gasteiger charge is -2.28. The summed E-state index contributed by atoms with van der Waals surface area (Å²) in [5, 5.41) is 0. The number of pyridine rings is 1. The molecule has 1 aromatic rings. The van der Waals surface area contributed by atoms with Crippen LogP contribution >= 0.6 is 0 Å². The Hall–Kier alpha value is -2.15. The van der Waals surface area contributed by atoms with Crippen molar-refractivity contribution in [2.24, 2.45) is 11.3 Å². The molecule has 0 saturated carbocycles. The number of ether oxygens (including phenoxy) is 2. The van der Waals surface area contributed by atoms with Crippen LogP contribution in [0.2, 0.25) is 0 Å². The molecule has 1 atom stereocenters. The molecule has 3 rings (SSSR count). The molecule has 2 aliphatic heterocycles. The molecular formula is C18H25N3O4. The molecule has 0 N–H and O–H groups in total. The highest BCUT2D eigenvalue weighted by Gasteiger charge is 2.46. The van der Waals surface area contributed by atoms with Gasteiger partial charge in [-0.25, -0.2) is 4.98 Å². The Bertz CT molecular complexity index is 655. The maximum Gasteiger partial charge on any atom is 0.311 e. The van der Waals surface area contributed by atoms with Crippen molar-refractivity contribution in [2.45, 2.75) is 13.8 Å². The van der Waals surface area contributed by atoms with Crippen LogP contribution in [0.1, 0.15) is 24.3 Å². The Labute approximate surface area is 147 Å². The van der Waals surface area contributed by atoms with E-state index in [0.717, 1.165) is 18.9 Å². The van der Waals surface area contributed by atoms with E-state index in [0.29, 0.717) is 32.0 Å². The summed E-state index contributed by atoms with van der Waals surface area (Å²) in [6.45, 7) is 7.72. The molecule has 2 fully saturated rings. The molecule has 0 radical (unpaired) electrons. The number of esters is 1. The molecule has 1 unspecified atom stereocenters. The molecule has 0 aromatic carbocycles. The fourth-order valence-corrected chi connectivity index (χ4v) is 3.50. The van der Waals surface area contributed by atoms with E-state index in [1.807, 2.05) is 26.0 Å². The summed E-state index contributed by atoms with van der Waals surface area (Å²) < 4.78 is 10.3. The number of rotatable bonds is 3. The SMILES string of the molecule is COC(=O)C1CN(C(=O)c2cccc(N3CCOCC3)n2)CC1(C)C. The molecule has 0 aliphatic carbocycles. The van der Waals surface area contributed by atoms with Gasteiger partial charge in [0.15, 0.2) is 0 Å². The molecule has 3 heterocycles. The van der Waals surface area contributed by atoms with Crippen LogP contribution < -0.4 is 4.90 Å². The summed E-state index contributed by atoms with van der Waals surface area (Å²) in [5.74, 6) is 0.0610. The lowest BCUT2D eigenvalue weighted by Crippen LogP contribution is -2.37. The van der Waals surface area contributed by atoms with Crippen molar-refractivity contribution in [2.75, 3.05) is 51.4 Å². The lowest BCUT2D eigenvalue weighted by molar-refractivity contribution is -0.147. The third kappa shape index (κ3) is 3.61. The standard InChI is InChI=1S/C18H25N3O4/c1-18(2)12-21(11-13(18)17(23)24-3)16(22)14-5-4-6-15(19-14)20-7-9-25-10-8-20/h4-6,13H,7-12H2,1-3H3. The zero-order chi connectivity index (χ0) is 18.0. The second-order valence-corrected chi connectivity index (χ2v) is 7.23. The first-order chi connectivity index (χ1) is 11.9. The van der Waals surface area contributed by atoms with Crippen molar-refractivity contribution >= 4 is 17.7 Å². The van der Waals surface area contributed by atoms with Crippen molar-refractivity contribution in [3.05, 3.63) is 23.9 Å². The Morgan fingerprint density at radius 3 is 2.68 bits per heavy atom. The monoisotopic (exact) mass is 347 g/mol. The minimum Gasteiger partial charge on any atom is -0.469 e. The molecule has 0 spiro atoms. The number of likely N-dealkylation sites (tertiary alicyclic amines) is 1. The van der Waals surface area contributed by atoms with Crippen molar-refractivity contribution in [1.82, 2.24) is 9.88 Å². The topological polar surface area (TPSA) is 72.0 Å². The summed E-state index contributed by atoms with van der Waals surface area (Å²) in [4.78, 5) is 33.3. The molecular weight excluding hydrogens is 322 g/mol. The van der Waals surface area contributed by atoms with Crippen molar-refractivity contribution in [3.63, 3.8) is 0 Å². The Balaban J connectivity index is 1.76. The van der Waals surface area contributed by atoms with Gasteiger partial charge < -0.3 is 19.3 Å². The average Bonchev–Trinajstić information content (AvgIpc) is 2.96. The predicted molar refractivity (Wildman–Crippen MR) is 92.5 cm³/mol. The minimum atomic E-state index is -0.316. The van der Waals surface area contributed by atoms with Gasteiger partial charge in [-0.3, -0.25) is 9.59 Å². The van der Waals surface area contributed by atoms with E-state index < -0.39 is 0 Å². The second kappa shape index (κ2) is 7.00. The number of hydrogen-bond acceptors (Lipinski definition) is 6. The van der Waals surface area contributed by atoms with Gasteiger partial charge in [0.05, 0.1) is 26.2 Å². The molecule has 0 bridgehead atoms. The van der Waals surface area contributed by atoms with E-state index in [-0.39, 0.29) is 23.2 Å². The van der Waals surface area contributed by atoms with Gasteiger partial charge in [-0.05, 0) is 17.5 Å². The second-order valence-electron chi connectivity index (χ2n) is 7.23. The van der Waals surface area contributed by atoms with Gasteiger partial charge in [0.1, 0.15) is 11.5 Å². The predicted octanol–water partition coefficient (Wildman–Crippen LogP) is 1.19. The number of amides is 1. The van der Waals surface area contributed by atoms with Crippen LogP contribution in [0.4, 0.5) is 5.82 Å². The number of carbonyl (C=O) groups excluding carboxylic acids is 2. The molecule has 1 amide bonds. The average molecular weight is 347 g/mol. The first-order valence-corrected chi connectivity index (χ1v) is 8.59. The summed E-state index contributed by atoms with van der Waals surface area (Å²) in [7, 11) is 1.39. The van der Waals surface area contributed by atoms with Crippen LogP contribution in [-0.2, 0) is 14.3 Å². The first kappa shape index (κ1) is 17.7. The first-order valence-electron chi connectivity index (χ1n) is 8.59. The van der Waals surface area contributed by atoms with Crippen LogP contribution in [0.25, 0.3) is 0 Å². The molecule has 1 aromatic heterocycles. The van der Waals surface area contributed by atoms with Crippen molar-refractivity contribution < 1.29 is 19.1 Å². The number of morpholine rings is 1. The van der Waals surface area contributed by atoms with E-state index >= 15 is 0 Å². The van der Waals surface area contributed by atoms with Crippen LogP contribution in [-0.4, -0.2) is 68.3 Å². The van der Waals surface area contributed by atoms with Gasteiger partial charge in [-0.1, -0.05) is 19.9 Å². The van der Waals surface area contributed by atoms with Gasteiger partial charge in [-0.15, -0.1) is 0 Å². The number of carbonyl (C=O) groups is 2. The highest BCUT2D eigenvalue weighted by Crippen LogP contribution is 2.36. The van der Waals surface area contributed by atoms with E-state index in [1.54, 1.807) is 11.0 Å². The normalized spacial score (nSPS) is 22.8. The van der Waals surface area contributed by atoms with Gasteiger partial charge in [0.2, 0.25) is 0 Å². The maximum atomic E-state index is 12.9. The summed E-state index contributed by atoms with van der Waals surface area (Å²) >= 11 is 0. The third-order valence-electron chi connectivity index (χ3n) is 5.01. The fraction of sp³-hybridized carbons (Fsp3) is 0.611. The Kier molecular flexibility index (Phi) is 4.94. The van der Waals surface area contributed by atoms with E-state index in [2.05, 4.69) is 9.88 Å². The minimum absolute atomic E-state index is 0.144. The molecule has 136 valence electrons. The van der Waals surface area contributed by atoms with Gasteiger partial charge >= 0.3 is 5.97 Å². The number of methoxy groups -OCH3 is 1. The third-order valence-corrected chi connectivity index (χ3v) is 5.01. The number of anilines is 1. The summed E-state index contributed by atoms with van der Waals surface area (Å²) in [6, 6.07) is 5.49. The van der Waals surface area contributed by atoms with Crippen LogP contribution in [0.5, 0.6) is 0 Å². The van der Waals surface area contributed by atoms with Gasteiger partial charge in [-0.2, -0.15) is 0 Å². The van der Waals surface area contributed by atoms with Crippen molar-refractivity contribution in [1.29, 1.82) is 0 Å². The smallest absolute Gasteiger partial charge is 0.311 e. The number of hydrogen-bond donors (Lipinski definition) is 0. The zero-order valence-corrected chi connectivity index (χ0v) is 15.0. The molecule has 2 saturated heterocycles. The molecule has 25 heavy (non-hydrogen) atoms. The molecule has 2 aliphatic rings.